The van der Waals surface area contributed by atoms with Gasteiger partial charge in [-0.3, -0.25) is 14.1 Å². The fraction of sp³-hybridized carbons (Fsp3) is 0.455. The molecule has 0 amide bonds. The van der Waals surface area contributed by atoms with Gasteiger partial charge in [-0.1, -0.05) is 0 Å². The van der Waals surface area contributed by atoms with Gasteiger partial charge in [0.15, 0.2) is 29.7 Å². The first-order chi connectivity index (χ1) is 10.0. The molecule has 2 aromatic heterocycles. The summed E-state index contributed by atoms with van der Waals surface area (Å²) >= 11 is 0. The normalized spacial score (nSPS) is 28.9. The van der Waals surface area contributed by atoms with Crippen LogP contribution in [0.15, 0.2) is 6.33 Å². The van der Waals surface area contributed by atoms with E-state index in [1.165, 1.54) is 10.9 Å². The quantitative estimate of drug-likeness (QED) is 0.500. The molecule has 9 nitrogen and oxygen atoms in total. The van der Waals surface area contributed by atoms with Crippen molar-refractivity contribution in [3.8, 4) is 0 Å². The summed E-state index contributed by atoms with van der Waals surface area (Å²) in [6.07, 6.45) is -1.69. The zero-order valence-electron chi connectivity index (χ0n) is 10.6. The van der Waals surface area contributed by atoms with Crippen LogP contribution >= 0.6 is 0 Å². The Morgan fingerprint density at radius 1 is 1.62 bits per heavy atom. The van der Waals surface area contributed by atoms with Crippen molar-refractivity contribution in [3.63, 3.8) is 0 Å². The van der Waals surface area contributed by atoms with Crippen LogP contribution in [0.2, 0.25) is 0 Å². The maximum atomic E-state index is 13.3. The zero-order valence-corrected chi connectivity index (χ0v) is 10.6. The van der Waals surface area contributed by atoms with E-state index in [9.17, 15) is 14.6 Å². The van der Waals surface area contributed by atoms with Gasteiger partial charge in [0.1, 0.15) is 6.23 Å². The summed E-state index contributed by atoms with van der Waals surface area (Å²) < 4.78 is 20.1. The Morgan fingerprint density at radius 2 is 2.38 bits per heavy atom. The highest BCUT2D eigenvalue weighted by atomic mass is 19.1. The fourth-order valence-electron chi connectivity index (χ4n) is 2.31. The minimum atomic E-state index is -1.74. The van der Waals surface area contributed by atoms with Gasteiger partial charge >= 0.3 is 11.8 Å². The summed E-state index contributed by atoms with van der Waals surface area (Å²) in [6, 6.07) is 0. The lowest BCUT2D eigenvalue weighted by atomic mass is 10.1. The van der Waals surface area contributed by atoms with E-state index in [-0.39, 0.29) is 23.4 Å². The Balaban J connectivity index is 2.05. The fourth-order valence-corrected chi connectivity index (χ4v) is 2.31. The summed E-state index contributed by atoms with van der Waals surface area (Å²) in [5.74, 6) is -0.117. The molecule has 0 bridgehead atoms. The number of nitrogen functional groups attached to an aromatic ring is 1. The Bertz CT molecular complexity index is 743. The lowest BCUT2D eigenvalue weighted by Crippen LogP contribution is -2.39. The van der Waals surface area contributed by atoms with Crippen molar-refractivity contribution in [3.05, 3.63) is 23.8 Å². The van der Waals surface area contributed by atoms with Crippen LogP contribution in [0, 0.1) is 12.7 Å². The van der Waals surface area contributed by atoms with Crippen molar-refractivity contribution >= 4 is 17.0 Å². The standard InChI is InChI=1S/C11H11FN6O3/c1-14-11(3-19)5(20)2-6(21-11)18-4-15-7-8(13)16-10(12)17-9(7)18/h4-6,19-20H,2-3H2,(H2,13,16,17)/t5-,6-,11-/m1/s1. The minimum Gasteiger partial charge on any atom is -0.385 e. The molecule has 10 heteroatoms. The molecule has 0 radical (unpaired) electrons. The molecule has 1 aliphatic heterocycles. The third-order valence-electron chi connectivity index (χ3n) is 3.43. The van der Waals surface area contributed by atoms with E-state index in [1.54, 1.807) is 0 Å². The van der Waals surface area contributed by atoms with Crippen LogP contribution in [-0.2, 0) is 4.74 Å². The molecular weight excluding hydrogens is 283 g/mol. The molecule has 4 N–H and O–H groups in total. The SMILES string of the molecule is [C-]#[N+][C@]1(CO)O[C@@H](n2cnc3c(N)nc(F)nc32)C[C@H]1O. The molecule has 1 aliphatic rings. The van der Waals surface area contributed by atoms with Gasteiger partial charge in [-0.05, 0) is 0 Å². The van der Waals surface area contributed by atoms with Gasteiger partial charge in [-0.2, -0.15) is 14.4 Å². The Morgan fingerprint density at radius 3 is 3.00 bits per heavy atom. The zero-order chi connectivity index (χ0) is 15.2. The number of halogens is 1. The first-order valence-corrected chi connectivity index (χ1v) is 6.01. The molecule has 2 aromatic rings. The average molecular weight is 294 g/mol. The predicted octanol–water partition coefficient (Wildman–Crippen LogP) is -0.565. The average Bonchev–Trinajstić information content (AvgIpc) is 3.00. The smallest absolute Gasteiger partial charge is 0.385 e. The lowest BCUT2D eigenvalue weighted by Gasteiger charge is -2.17. The van der Waals surface area contributed by atoms with Gasteiger partial charge in [-0.15, -0.1) is 0 Å². The van der Waals surface area contributed by atoms with Gasteiger partial charge in [-0.25, -0.2) is 11.6 Å². The number of aliphatic hydroxyl groups excluding tert-OH is 2. The maximum absolute atomic E-state index is 13.3. The van der Waals surface area contributed by atoms with Crippen LogP contribution in [0.1, 0.15) is 12.6 Å². The number of hydrogen-bond acceptors (Lipinski definition) is 7. The van der Waals surface area contributed by atoms with Crippen molar-refractivity contribution in [2.24, 2.45) is 0 Å². The molecule has 3 heterocycles. The Hall–Kier alpha value is -2.35. The number of nitrogens with zero attached hydrogens (tertiary/aromatic N) is 5. The molecule has 1 fully saturated rings. The van der Waals surface area contributed by atoms with Crippen molar-refractivity contribution in [1.29, 1.82) is 0 Å². The van der Waals surface area contributed by atoms with Crippen LogP contribution in [0.5, 0.6) is 0 Å². The number of imidazole rings is 1. The van der Waals surface area contributed by atoms with Crippen LogP contribution in [-0.4, -0.2) is 48.2 Å². The van der Waals surface area contributed by atoms with Gasteiger partial charge in [0.2, 0.25) is 0 Å². The van der Waals surface area contributed by atoms with Crippen molar-refractivity contribution < 1.29 is 19.3 Å². The van der Waals surface area contributed by atoms with E-state index in [0.717, 1.165) is 0 Å². The maximum Gasteiger partial charge on any atom is 0.387 e. The first-order valence-electron chi connectivity index (χ1n) is 6.01. The number of anilines is 1. The third-order valence-corrected chi connectivity index (χ3v) is 3.43. The summed E-state index contributed by atoms with van der Waals surface area (Å²) in [5, 5.41) is 19.2. The van der Waals surface area contributed by atoms with Gasteiger partial charge in [0.25, 0.3) is 0 Å². The van der Waals surface area contributed by atoms with Crippen LogP contribution in [0.3, 0.4) is 0 Å². The highest BCUT2D eigenvalue weighted by Gasteiger charge is 2.55. The lowest BCUT2D eigenvalue weighted by molar-refractivity contribution is -0.0973. The monoisotopic (exact) mass is 294 g/mol. The number of ether oxygens (including phenoxy) is 1. The number of hydrogen-bond donors (Lipinski definition) is 3. The van der Waals surface area contributed by atoms with E-state index in [0.29, 0.717) is 0 Å². The Kier molecular flexibility index (Phi) is 2.98. The molecule has 1 saturated heterocycles. The van der Waals surface area contributed by atoms with E-state index >= 15 is 0 Å². The number of fused-ring (bicyclic) bond motifs is 1. The van der Waals surface area contributed by atoms with Crippen molar-refractivity contribution in [1.82, 2.24) is 19.5 Å². The van der Waals surface area contributed by atoms with E-state index in [1.807, 2.05) is 0 Å². The van der Waals surface area contributed by atoms with Gasteiger partial charge in [0.05, 0.1) is 6.33 Å². The van der Waals surface area contributed by atoms with Crippen LogP contribution < -0.4 is 5.73 Å². The van der Waals surface area contributed by atoms with Crippen molar-refractivity contribution in [2.45, 2.75) is 24.5 Å². The molecule has 110 valence electrons. The van der Waals surface area contributed by atoms with E-state index in [2.05, 4.69) is 19.8 Å². The Labute approximate surface area is 117 Å². The molecule has 0 spiro atoms. The molecular formula is C11H11FN6O3. The number of nitrogens with two attached hydrogens (primary N) is 1. The summed E-state index contributed by atoms with van der Waals surface area (Å²) in [4.78, 5) is 14.1. The second-order valence-electron chi connectivity index (χ2n) is 4.64. The molecule has 0 aliphatic carbocycles. The number of aliphatic hydroxyl groups is 2. The topological polar surface area (TPSA) is 124 Å². The van der Waals surface area contributed by atoms with Gasteiger partial charge in [0, 0.05) is 6.42 Å². The first kappa shape index (κ1) is 13.6. The molecule has 3 rings (SSSR count). The molecule has 3 atom stereocenters. The number of aromatic nitrogens is 4. The molecule has 0 aromatic carbocycles. The number of rotatable bonds is 2. The largest absolute Gasteiger partial charge is 0.387 e. The predicted molar refractivity (Wildman–Crippen MR) is 66.9 cm³/mol. The summed E-state index contributed by atoms with van der Waals surface area (Å²) in [7, 11) is 0. The molecule has 21 heavy (non-hydrogen) atoms. The minimum absolute atomic E-state index is 0.0277. The highest BCUT2D eigenvalue weighted by Crippen LogP contribution is 2.38. The van der Waals surface area contributed by atoms with Crippen LogP contribution in [0.25, 0.3) is 16.0 Å². The van der Waals surface area contributed by atoms with Gasteiger partial charge < -0.3 is 15.9 Å². The highest BCUT2D eigenvalue weighted by molar-refractivity contribution is 5.81. The second kappa shape index (κ2) is 4.59. The van der Waals surface area contributed by atoms with E-state index < -0.39 is 30.7 Å². The third kappa shape index (κ3) is 1.90. The summed E-state index contributed by atoms with van der Waals surface area (Å²) in [6.45, 7) is 6.41. The summed E-state index contributed by atoms with van der Waals surface area (Å²) in [5.41, 5.74) is 4.11. The molecule has 0 saturated carbocycles. The second-order valence-corrected chi connectivity index (χ2v) is 4.64. The molecule has 0 unspecified atom stereocenters. The van der Waals surface area contributed by atoms with Crippen molar-refractivity contribution in [2.75, 3.05) is 12.3 Å². The van der Waals surface area contributed by atoms with Crippen LogP contribution in [0.4, 0.5) is 10.2 Å². The van der Waals surface area contributed by atoms with E-state index in [4.69, 9.17) is 17.0 Å².